The van der Waals surface area contributed by atoms with Crippen molar-refractivity contribution >= 4 is 22.8 Å². The van der Waals surface area contributed by atoms with Gasteiger partial charge in [-0.3, -0.25) is 14.4 Å². The number of hydrogen-bond donors (Lipinski definition) is 2. The van der Waals surface area contributed by atoms with Crippen molar-refractivity contribution in [2.24, 2.45) is 0 Å². The normalized spacial score (nSPS) is 11.2. The van der Waals surface area contributed by atoms with Crippen LogP contribution in [0.4, 0.5) is 4.39 Å². The third kappa shape index (κ3) is 3.68. The smallest absolute Gasteiger partial charge is 0.260 e. The largest absolute Gasteiger partial charge is 0.329 e. The van der Waals surface area contributed by atoms with Crippen molar-refractivity contribution in [1.82, 2.24) is 9.97 Å². The molecule has 0 unspecified atom stereocenters. The minimum atomic E-state index is -0.556. The van der Waals surface area contributed by atoms with E-state index in [1.54, 1.807) is 30.3 Å². The van der Waals surface area contributed by atoms with E-state index >= 15 is 0 Å². The number of rotatable bonds is 4. The molecule has 0 saturated heterocycles. The first-order chi connectivity index (χ1) is 14.0. The average Bonchev–Trinajstić information content (AvgIpc) is 2.73. The molecule has 2 aromatic heterocycles. The van der Waals surface area contributed by atoms with Gasteiger partial charge >= 0.3 is 0 Å². The van der Waals surface area contributed by atoms with Crippen molar-refractivity contribution in [3.05, 3.63) is 111 Å². The number of pyridine rings is 2. The predicted octanol–water partition coefficient (Wildman–Crippen LogP) is 3.92. The summed E-state index contributed by atoms with van der Waals surface area (Å²) >= 11 is 0. The van der Waals surface area contributed by atoms with E-state index in [2.05, 4.69) is 9.97 Å². The lowest BCUT2D eigenvalue weighted by Gasteiger charge is -2.11. The molecule has 2 N–H and O–H groups in total. The summed E-state index contributed by atoms with van der Waals surface area (Å²) in [7, 11) is 0. The molecule has 142 valence electrons. The number of nitrogens with one attached hydrogen (secondary N) is 2. The summed E-state index contributed by atoms with van der Waals surface area (Å²) in [6, 6.07) is 15.8. The first kappa shape index (κ1) is 18.3. The molecule has 0 saturated carbocycles. The first-order valence-electron chi connectivity index (χ1n) is 8.85. The molecule has 0 aliphatic carbocycles. The minimum Gasteiger partial charge on any atom is -0.329 e. The Morgan fingerprint density at radius 1 is 0.966 bits per heavy atom. The van der Waals surface area contributed by atoms with Gasteiger partial charge in [0.1, 0.15) is 5.82 Å². The van der Waals surface area contributed by atoms with Crippen molar-refractivity contribution in [3.63, 3.8) is 0 Å². The van der Waals surface area contributed by atoms with Crippen LogP contribution in [0.1, 0.15) is 15.9 Å². The van der Waals surface area contributed by atoms with Crippen LogP contribution in [-0.2, 0) is 0 Å². The molecule has 0 spiro atoms. The first-order valence-corrected chi connectivity index (χ1v) is 8.85. The molecule has 5 nitrogen and oxygen atoms in total. The van der Waals surface area contributed by atoms with Crippen LogP contribution in [0.25, 0.3) is 28.1 Å². The Bertz CT molecular complexity index is 1350. The van der Waals surface area contributed by atoms with Gasteiger partial charge in [0.15, 0.2) is 5.78 Å². The maximum atomic E-state index is 13.9. The van der Waals surface area contributed by atoms with Gasteiger partial charge < -0.3 is 9.97 Å². The topological polar surface area (TPSA) is 82.8 Å². The Labute approximate surface area is 164 Å². The summed E-state index contributed by atoms with van der Waals surface area (Å²) in [6.07, 6.45) is 4.22. The standard InChI is InChI=1S/C23H15FN2O3/c24-16-8-9-18-17(12-16)21(15-4-2-1-3-5-15)22(23(29)26-18)19(27)10-6-14-7-11-20(28)25-13-14/h1-13H,(H,25,28)(H,26,29)/b10-6+. The highest BCUT2D eigenvalue weighted by Gasteiger charge is 2.19. The van der Waals surface area contributed by atoms with Crippen molar-refractivity contribution in [2.75, 3.05) is 0 Å². The van der Waals surface area contributed by atoms with Gasteiger partial charge in [-0.1, -0.05) is 30.3 Å². The second kappa shape index (κ2) is 7.52. The number of carbonyl (C=O) groups is 1. The van der Waals surface area contributed by atoms with E-state index in [9.17, 15) is 18.8 Å². The van der Waals surface area contributed by atoms with E-state index in [-0.39, 0.29) is 11.1 Å². The summed E-state index contributed by atoms with van der Waals surface area (Å²) < 4.78 is 13.9. The van der Waals surface area contributed by atoms with E-state index in [0.29, 0.717) is 27.6 Å². The number of H-pyrrole nitrogens is 2. The molecule has 0 aliphatic heterocycles. The van der Waals surface area contributed by atoms with E-state index < -0.39 is 17.2 Å². The van der Waals surface area contributed by atoms with E-state index in [4.69, 9.17) is 0 Å². The number of aromatic amines is 2. The molecule has 4 rings (SSSR count). The predicted molar refractivity (Wildman–Crippen MR) is 110 cm³/mol. The molecule has 0 bridgehead atoms. The molecule has 0 amide bonds. The Morgan fingerprint density at radius 2 is 1.76 bits per heavy atom. The number of carbonyl (C=O) groups excluding carboxylic acids is 1. The second-order valence-electron chi connectivity index (χ2n) is 6.44. The van der Waals surface area contributed by atoms with Crippen molar-refractivity contribution in [1.29, 1.82) is 0 Å². The zero-order valence-corrected chi connectivity index (χ0v) is 15.1. The lowest BCUT2D eigenvalue weighted by atomic mass is 9.94. The molecule has 0 radical (unpaired) electrons. The second-order valence-corrected chi connectivity index (χ2v) is 6.44. The maximum Gasteiger partial charge on any atom is 0.260 e. The van der Waals surface area contributed by atoms with Crippen LogP contribution in [0.5, 0.6) is 0 Å². The Morgan fingerprint density at radius 3 is 2.48 bits per heavy atom. The summed E-state index contributed by atoms with van der Waals surface area (Å²) in [5.41, 5.74) is 1.16. The number of allylic oxidation sites excluding steroid dienone is 1. The average molecular weight is 386 g/mol. The van der Waals surface area contributed by atoms with Crippen LogP contribution in [0.3, 0.4) is 0 Å². The van der Waals surface area contributed by atoms with Gasteiger partial charge in [0.05, 0.1) is 5.56 Å². The van der Waals surface area contributed by atoms with Gasteiger partial charge in [-0.2, -0.15) is 0 Å². The lowest BCUT2D eigenvalue weighted by molar-refractivity contribution is 0.104. The van der Waals surface area contributed by atoms with Crippen LogP contribution in [0.15, 0.2) is 82.5 Å². The number of halogens is 1. The maximum absolute atomic E-state index is 13.9. The molecule has 0 fully saturated rings. The number of fused-ring (bicyclic) bond motifs is 1. The molecule has 2 heterocycles. The van der Waals surface area contributed by atoms with Gasteiger partial charge in [0, 0.05) is 28.7 Å². The lowest BCUT2D eigenvalue weighted by Crippen LogP contribution is -2.18. The molecular formula is C23H15FN2O3. The summed E-state index contributed by atoms with van der Waals surface area (Å²) in [4.78, 5) is 42.0. The minimum absolute atomic E-state index is 0.0741. The third-order valence-electron chi connectivity index (χ3n) is 4.52. The van der Waals surface area contributed by atoms with Crippen LogP contribution in [0.2, 0.25) is 0 Å². The van der Waals surface area contributed by atoms with Crippen LogP contribution < -0.4 is 11.1 Å². The number of hydrogen-bond acceptors (Lipinski definition) is 3. The summed E-state index contributed by atoms with van der Waals surface area (Å²) in [6.45, 7) is 0. The molecule has 6 heteroatoms. The van der Waals surface area contributed by atoms with Crippen LogP contribution in [-0.4, -0.2) is 15.8 Å². The molecule has 0 atom stereocenters. The highest BCUT2D eigenvalue weighted by atomic mass is 19.1. The molecule has 29 heavy (non-hydrogen) atoms. The monoisotopic (exact) mass is 386 g/mol. The van der Waals surface area contributed by atoms with Gasteiger partial charge in [0.2, 0.25) is 5.56 Å². The van der Waals surface area contributed by atoms with Crippen LogP contribution in [0, 0.1) is 5.82 Å². The summed E-state index contributed by atoms with van der Waals surface area (Å²) in [5.74, 6) is -0.994. The zero-order chi connectivity index (χ0) is 20.4. The van der Waals surface area contributed by atoms with Gasteiger partial charge in [0.25, 0.3) is 5.56 Å². The van der Waals surface area contributed by atoms with Gasteiger partial charge in [-0.25, -0.2) is 4.39 Å². The fourth-order valence-corrected chi connectivity index (χ4v) is 3.19. The SMILES string of the molecule is O=C(/C=C/c1ccc(=O)[nH]c1)c1c(-c2ccccc2)c2cc(F)ccc2[nH]c1=O. The van der Waals surface area contributed by atoms with Crippen LogP contribution >= 0.6 is 0 Å². The highest BCUT2D eigenvalue weighted by molar-refractivity contribution is 6.15. The fraction of sp³-hybridized carbons (Fsp3) is 0. The Hall–Kier alpha value is -4.06. The summed E-state index contributed by atoms with van der Waals surface area (Å²) in [5, 5.41) is 0.441. The van der Waals surface area contributed by atoms with E-state index in [1.807, 2.05) is 6.07 Å². The molecule has 0 aliphatic rings. The molecular weight excluding hydrogens is 371 g/mol. The van der Waals surface area contributed by atoms with Crippen molar-refractivity contribution in [3.8, 4) is 11.1 Å². The van der Waals surface area contributed by atoms with Gasteiger partial charge in [-0.15, -0.1) is 0 Å². The highest BCUT2D eigenvalue weighted by Crippen LogP contribution is 2.30. The van der Waals surface area contributed by atoms with E-state index in [0.717, 1.165) is 0 Å². The van der Waals surface area contributed by atoms with Gasteiger partial charge in [-0.05, 0) is 47.5 Å². The quantitative estimate of drug-likeness (QED) is 0.412. The molecule has 2 aromatic carbocycles. The fourth-order valence-electron chi connectivity index (χ4n) is 3.19. The Kier molecular flexibility index (Phi) is 4.75. The molecule has 4 aromatic rings. The Balaban J connectivity index is 1.92. The van der Waals surface area contributed by atoms with Crippen molar-refractivity contribution in [2.45, 2.75) is 0 Å². The number of benzene rings is 2. The van der Waals surface area contributed by atoms with E-state index in [1.165, 1.54) is 42.6 Å². The van der Waals surface area contributed by atoms with Crippen molar-refractivity contribution < 1.29 is 9.18 Å². The third-order valence-corrected chi connectivity index (χ3v) is 4.52. The zero-order valence-electron chi connectivity index (χ0n) is 15.1. The number of aromatic nitrogens is 2. The number of ketones is 1.